The SMILES string of the molecule is CC1(c2ccccc2)C2=C(C=CC(c3ccccc3N(c3ccc(-c4ccc(-c5ccccc5)cc4)cc3)c3ccccc3-c3cccc4cccc(C5CCCCC5)c34)C2)c2ccccc21. The van der Waals surface area contributed by atoms with Gasteiger partial charge in [-0.1, -0.05) is 226 Å². The van der Waals surface area contributed by atoms with E-state index in [1.165, 1.54) is 127 Å². The molecular weight excluding hydrogens is 807 g/mol. The largest absolute Gasteiger partial charge is 0.310 e. The van der Waals surface area contributed by atoms with Crippen molar-refractivity contribution in [3.05, 3.63) is 264 Å². The number of rotatable bonds is 9. The molecule has 2 unspecified atom stereocenters. The van der Waals surface area contributed by atoms with E-state index < -0.39 is 0 Å². The third-order valence-electron chi connectivity index (χ3n) is 15.4. The third kappa shape index (κ3) is 7.26. The van der Waals surface area contributed by atoms with Gasteiger partial charge in [-0.15, -0.1) is 0 Å². The van der Waals surface area contributed by atoms with Crippen LogP contribution in [0.4, 0.5) is 17.1 Å². The van der Waals surface area contributed by atoms with Crippen LogP contribution in [0.3, 0.4) is 0 Å². The average molecular weight is 862 g/mol. The first kappa shape index (κ1) is 41.0. The zero-order chi connectivity index (χ0) is 44.7. The quantitative estimate of drug-likeness (QED) is 0.140. The second kappa shape index (κ2) is 17.4. The highest BCUT2D eigenvalue weighted by molar-refractivity contribution is 6.03. The highest BCUT2D eigenvalue weighted by atomic mass is 15.1. The van der Waals surface area contributed by atoms with Gasteiger partial charge in [0.15, 0.2) is 0 Å². The summed E-state index contributed by atoms with van der Waals surface area (Å²) in [5.74, 6) is 0.747. The molecule has 67 heavy (non-hydrogen) atoms. The molecule has 0 radical (unpaired) electrons. The predicted octanol–water partition coefficient (Wildman–Crippen LogP) is 18.2. The van der Waals surface area contributed by atoms with Crippen molar-refractivity contribution in [2.45, 2.75) is 62.7 Å². The summed E-state index contributed by atoms with van der Waals surface area (Å²) in [6.45, 7) is 2.46. The molecule has 1 heteroatoms. The molecule has 9 aromatic rings. The summed E-state index contributed by atoms with van der Waals surface area (Å²) in [6.07, 6.45) is 12.3. The Morgan fingerprint density at radius 1 is 0.448 bits per heavy atom. The van der Waals surface area contributed by atoms with Gasteiger partial charge >= 0.3 is 0 Å². The maximum atomic E-state index is 2.56. The first-order valence-corrected chi connectivity index (χ1v) is 24.5. The zero-order valence-electron chi connectivity index (χ0n) is 38.3. The van der Waals surface area contributed by atoms with Crippen LogP contribution in [0.15, 0.2) is 236 Å². The van der Waals surface area contributed by atoms with Crippen LogP contribution in [0.5, 0.6) is 0 Å². The first-order chi connectivity index (χ1) is 33.1. The summed E-state index contributed by atoms with van der Waals surface area (Å²) in [5.41, 5.74) is 20.6. The fraction of sp³-hybridized carbons (Fsp3) is 0.152. The lowest BCUT2D eigenvalue weighted by molar-refractivity contribution is 0.445. The van der Waals surface area contributed by atoms with E-state index in [1.807, 2.05) is 0 Å². The highest BCUT2D eigenvalue weighted by Crippen LogP contribution is 2.57. The van der Waals surface area contributed by atoms with Crippen molar-refractivity contribution >= 4 is 33.4 Å². The van der Waals surface area contributed by atoms with Crippen LogP contribution >= 0.6 is 0 Å². The number of anilines is 3. The van der Waals surface area contributed by atoms with Crippen LogP contribution in [0.1, 0.15) is 85.1 Å². The minimum Gasteiger partial charge on any atom is -0.310 e. The van der Waals surface area contributed by atoms with Gasteiger partial charge in [-0.3, -0.25) is 0 Å². The van der Waals surface area contributed by atoms with Gasteiger partial charge in [-0.25, -0.2) is 0 Å². The van der Waals surface area contributed by atoms with Gasteiger partial charge in [-0.05, 0) is 134 Å². The van der Waals surface area contributed by atoms with Crippen LogP contribution in [0.25, 0.3) is 49.7 Å². The molecule has 1 nitrogen and oxygen atoms in total. The second-order valence-electron chi connectivity index (χ2n) is 19.1. The van der Waals surface area contributed by atoms with E-state index >= 15 is 0 Å². The lowest BCUT2D eigenvalue weighted by atomic mass is 9.69. The number of allylic oxidation sites excluding steroid dienone is 4. The maximum absolute atomic E-state index is 2.56. The fourth-order valence-electron chi connectivity index (χ4n) is 12.0. The molecule has 324 valence electrons. The van der Waals surface area contributed by atoms with E-state index in [4.69, 9.17) is 0 Å². The molecule has 0 heterocycles. The number of fused-ring (bicyclic) bond motifs is 3. The van der Waals surface area contributed by atoms with E-state index in [0.29, 0.717) is 5.92 Å². The van der Waals surface area contributed by atoms with Crippen molar-refractivity contribution in [2.24, 2.45) is 0 Å². The Balaban J connectivity index is 1.00. The van der Waals surface area contributed by atoms with Gasteiger partial charge in [0, 0.05) is 28.3 Å². The summed E-state index contributed by atoms with van der Waals surface area (Å²) in [5, 5.41) is 2.72. The number of nitrogens with zero attached hydrogens (tertiary/aromatic N) is 1. The van der Waals surface area contributed by atoms with E-state index in [2.05, 4.69) is 242 Å². The second-order valence-corrected chi connectivity index (χ2v) is 19.1. The van der Waals surface area contributed by atoms with Gasteiger partial charge in [-0.2, -0.15) is 0 Å². The molecule has 0 N–H and O–H groups in total. The lowest BCUT2D eigenvalue weighted by Crippen LogP contribution is -2.26. The summed E-state index contributed by atoms with van der Waals surface area (Å²) in [7, 11) is 0. The highest BCUT2D eigenvalue weighted by Gasteiger charge is 2.44. The predicted molar refractivity (Wildman–Crippen MR) is 284 cm³/mol. The minimum atomic E-state index is -0.225. The van der Waals surface area contributed by atoms with Crippen molar-refractivity contribution in [2.75, 3.05) is 4.90 Å². The van der Waals surface area contributed by atoms with Crippen LogP contribution in [0, 0.1) is 0 Å². The van der Waals surface area contributed by atoms with E-state index in [-0.39, 0.29) is 11.3 Å². The number of hydrogen-bond acceptors (Lipinski definition) is 1. The summed E-state index contributed by atoms with van der Waals surface area (Å²) >= 11 is 0. The Morgan fingerprint density at radius 3 is 1.73 bits per heavy atom. The Kier molecular flexibility index (Phi) is 10.6. The maximum Gasteiger partial charge on any atom is 0.0540 e. The molecule has 1 saturated carbocycles. The van der Waals surface area contributed by atoms with Crippen LogP contribution < -0.4 is 4.90 Å². The molecule has 2 atom stereocenters. The topological polar surface area (TPSA) is 3.24 Å². The van der Waals surface area contributed by atoms with E-state index in [1.54, 1.807) is 0 Å². The monoisotopic (exact) mass is 861 g/mol. The molecule has 0 bridgehead atoms. The number of hydrogen-bond donors (Lipinski definition) is 0. The number of benzene rings is 9. The molecular formula is C66H55N. The van der Waals surface area contributed by atoms with Crippen LogP contribution in [0.2, 0.25) is 0 Å². The molecule has 0 aliphatic heterocycles. The third-order valence-corrected chi connectivity index (χ3v) is 15.4. The van der Waals surface area contributed by atoms with Crippen molar-refractivity contribution in [3.63, 3.8) is 0 Å². The van der Waals surface area contributed by atoms with Gasteiger partial charge in [0.1, 0.15) is 0 Å². The molecule has 0 aromatic heterocycles. The zero-order valence-corrected chi connectivity index (χ0v) is 38.3. The fourth-order valence-corrected chi connectivity index (χ4v) is 12.0. The van der Waals surface area contributed by atoms with Gasteiger partial charge in [0.2, 0.25) is 0 Å². The Hall–Kier alpha value is -7.48. The lowest BCUT2D eigenvalue weighted by Gasteiger charge is -2.35. The smallest absolute Gasteiger partial charge is 0.0540 e. The summed E-state index contributed by atoms with van der Waals surface area (Å²) in [6, 6.07) is 81.5. The van der Waals surface area contributed by atoms with E-state index in [9.17, 15) is 0 Å². The van der Waals surface area contributed by atoms with Crippen LogP contribution in [-0.2, 0) is 5.41 Å². The molecule has 3 aliphatic rings. The van der Waals surface area contributed by atoms with Crippen LogP contribution in [-0.4, -0.2) is 0 Å². The van der Waals surface area contributed by atoms with Crippen molar-refractivity contribution in [3.8, 4) is 33.4 Å². The van der Waals surface area contributed by atoms with E-state index in [0.717, 1.165) is 12.1 Å². The Morgan fingerprint density at radius 2 is 1.00 bits per heavy atom. The standard InChI is InChI=1S/C66H55N/c1-66(53-25-9-4-10-26-53)61-32-14-11-28-57(61)58-44-41-52(45-62(58)66)55-27-12-15-33-63(55)67(54-42-39-49(40-43-54)48-37-35-47(36-38-48)46-19-5-2-6-20-46)64-34-16-13-29-59(64)60-31-18-24-51-23-17-30-56(65(51)60)50-21-7-3-8-22-50/h2,4-6,9-20,23-44,50,52H,3,7-8,21-22,45H2,1H3. The first-order valence-electron chi connectivity index (χ1n) is 24.5. The molecule has 12 rings (SSSR count). The molecule has 0 saturated heterocycles. The molecule has 0 spiro atoms. The van der Waals surface area contributed by atoms with Crippen molar-refractivity contribution < 1.29 is 0 Å². The normalized spacial score (nSPS) is 17.9. The summed E-state index contributed by atoms with van der Waals surface area (Å²) in [4.78, 5) is 2.56. The Bertz CT molecular complexity index is 3290. The minimum absolute atomic E-state index is 0.167. The Labute approximate surface area is 396 Å². The average Bonchev–Trinajstić information content (AvgIpc) is 3.67. The van der Waals surface area contributed by atoms with Crippen molar-refractivity contribution in [1.29, 1.82) is 0 Å². The van der Waals surface area contributed by atoms with Gasteiger partial charge < -0.3 is 4.90 Å². The summed E-state index contributed by atoms with van der Waals surface area (Å²) < 4.78 is 0. The molecule has 3 aliphatic carbocycles. The molecule has 0 amide bonds. The van der Waals surface area contributed by atoms with Gasteiger partial charge in [0.25, 0.3) is 0 Å². The van der Waals surface area contributed by atoms with Gasteiger partial charge in [0.05, 0.1) is 5.69 Å². The molecule has 9 aromatic carbocycles. The molecule has 1 fully saturated rings. The number of para-hydroxylation sites is 2. The van der Waals surface area contributed by atoms with Crippen molar-refractivity contribution in [1.82, 2.24) is 0 Å².